The van der Waals surface area contributed by atoms with Crippen molar-refractivity contribution in [1.29, 1.82) is 0 Å². The van der Waals surface area contributed by atoms with Crippen LogP contribution in [0, 0.1) is 0 Å². The van der Waals surface area contributed by atoms with E-state index in [9.17, 15) is 0 Å². The van der Waals surface area contributed by atoms with E-state index in [1.54, 1.807) is 0 Å². The summed E-state index contributed by atoms with van der Waals surface area (Å²) < 4.78 is 0. The van der Waals surface area contributed by atoms with Crippen LogP contribution in [0.4, 0.5) is 0 Å². The van der Waals surface area contributed by atoms with E-state index in [1.165, 1.54) is 0 Å². The maximum Gasteiger partial charge on any atom is 1.00 e. The molecule has 0 radical (unpaired) electrons. The molecule has 0 saturated heterocycles. The van der Waals surface area contributed by atoms with Gasteiger partial charge in [0, 0.05) is 0 Å². The fraction of sp³-hybridized carbons (Fsp3) is 0. The van der Waals surface area contributed by atoms with Crippen LogP contribution in [-0.2, 0) is 15.5 Å². The fourth-order valence-electron chi connectivity index (χ4n) is 0. The van der Waals surface area contributed by atoms with Gasteiger partial charge in [0.25, 0.3) is 0 Å². The zero-order chi connectivity index (χ0) is 4.50. The van der Waals surface area contributed by atoms with Gasteiger partial charge in [-0.1, -0.05) is 0 Å². The van der Waals surface area contributed by atoms with Crippen LogP contribution in [0.1, 0.15) is 1.43 Å². The predicted molar refractivity (Wildman–Crippen MR) is 24.5 cm³/mol. The molecule has 0 N–H and O–H groups in total. The molecule has 0 atom stereocenters. The van der Waals surface area contributed by atoms with E-state index in [1.807, 2.05) is 0 Å². The van der Waals surface area contributed by atoms with Crippen LogP contribution >= 0.6 is 34.1 Å². The molecule has 0 heterocycles. The van der Waals surface area contributed by atoms with Crippen molar-refractivity contribution in [2.24, 2.45) is 0 Å². The minimum Gasteiger partial charge on any atom is -1.00 e. The summed E-state index contributed by atoms with van der Waals surface area (Å²) in [7, 11) is 20.1. The van der Waals surface area contributed by atoms with Gasteiger partial charge >= 0.3 is 101 Å². The van der Waals surface area contributed by atoms with Crippen LogP contribution in [0.2, 0.25) is 0 Å². The summed E-state index contributed by atoms with van der Waals surface area (Å²) >= 11 is -3.29. The van der Waals surface area contributed by atoms with Crippen LogP contribution in [0.15, 0.2) is 0 Å². The van der Waals surface area contributed by atoms with E-state index < -0.39 is 15.5 Å². The van der Waals surface area contributed by atoms with E-state index in [0.29, 0.717) is 0 Å². The molecule has 0 aliphatic heterocycles. The molecule has 0 fully saturated rings. The monoisotopic (exact) mass is 270 g/mol. The third-order valence-corrected chi connectivity index (χ3v) is 0. The van der Waals surface area contributed by atoms with Gasteiger partial charge in [0.2, 0.25) is 0 Å². The number of halogens is 4. The molecule has 34 valence electrons. The topological polar surface area (TPSA) is 0 Å². The van der Waals surface area contributed by atoms with Crippen molar-refractivity contribution in [3.63, 3.8) is 0 Å². The molecule has 6 heteroatoms. The van der Waals surface area contributed by atoms with Gasteiger partial charge in [0.15, 0.2) is 0 Å². The summed E-state index contributed by atoms with van der Waals surface area (Å²) in [5.74, 6) is 0. The largest absolute Gasteiger partial charge is 1.00 e. The molecule has 0 spiro atoms. The van der Waals surface area contributed by atoms with Crippen LogP contribution in [-0.4, -0.2) is 0 Å². The first-order chi connectivity index (χ1) is 2.00. The van der Waals surface area contributed by atoms with Crippen LogP contribution < -0.4 is 51.4 Å². The molecular weight excluding hydrogens is 272 g/mol. The summed E-state index contributed by atoms with van der Waals surface area (Å²) in [6.45, 7) is 0. The van der Waals surface area contributed by atoms with Gasteiger partial charge in [-0.05, 0) is 0 Å². The average molecular weight is 273 g/mol. The van der Waals surface area contributed by atoms with Crippen molar-refractivity contribution < 1.29 is 68.3 Å². The molecule has 0 rings (SSSR count). The molecule has 0 amide bonds. The second-order valence-electron chi connectivity index (χ2n) is 0.429. The molecule has 0 aromatic carbocycles. The molecule has 6 heavy (non-hydrogen) atoms. The Morgan fingerprint density at radius 3 is 1.00 bits per heavy atom. The summed E-state index contributed by atoms with van der Waals surface area (Å²) in [6.07, 6.45) is 0. The summed E-state index contributed by atoms with van der Waals surface area (Å²) in [6, 6.07) is 0. The smallest absolute Gasteiger partial charge is 1.00 e. The molecule has 0 saturated carbocycles. The summed E-state index contributed by atoms with van der Waals surface area (Å²) in [5.41, 5.74) is 0. The van der Waals surface area contributed by atoms with Crippen molar-refractivity contribution >= 4 is 34.1 Å². The minimum absolute atomic E-state index is 0. The number of hydrogen-bond donors (Lipinski definition) is 0. The average Bonchev–Trinajstić information content (AvgIpc) is 0.722. The quantitative estimate of drug-likeness (QED) is 0.539. The predicted octanol–water partition coefficient (Wildman–Crippen LogP) is -0.128. The maximum absolute atomic E-state index is 5.04. The molecule has 0 bridgehead atoms. The first-order valence-electron chi connectivity index (χ1n) is 0.756. The van der Waals surface area contributed by atoms with Gasteiger partial charge in [0.05, 0.1) is 0 Å². The molecule has 0 aliphatic rings. The van der Waals surface area contributed by atoms with Gasteiger partial charge < -0.3 is 1.43 Å². The Morgan fingerprint density at radius 1 is 1.00 bits per heavy atom. The SMILES string of the molecule is [Cl][Zr]([Cl])([Cl])[Cl].[H-].[K+]. The van der Waals surface area contributed by atoms with Gasteiger partial charge in [-0.2, -0.15) is 0 Å². The maximum atomic E-state index is 5.04. The Kier molecular flexibility index (Phi) is 11.3. The summed E-state index contributed by atoms with van der Waals surface area (Å²) in [5, 5.41) is 0. The Morgan fingerprint density at radius 2 is 1.00 bits per heavy atom. The van der Waals surface area contributed by atoms with Gasteiger partial charge in [-0.3, -0.25) is 0 Å². The minimum atomic E-state index is -3.29. The van der Waals surface area contributed by atoms with Gasteiger partial charge in [0.1, 0.15) is 0 Å². The Hall–Kier alpha value is 3.68. The van der Waals surface area contributed by atoms with Crippen molar-refractivity contribution in [3.05, 3.63) is 0 Å². The molecule has 0 nitrogen and oxygen atoms in total. The second kappa shape index (κ2) is 5.46. The third-order valence-electron chi connectivity index (χ3n) is 0. The van der Waals surface area contributed by atoms with E-state index in [2.05, 4.69) is 0 Å². The van der Waals surface area contributed by atoms with E-state index >= 15 is 0 Å². The molecule has 0 aliphatic carbocycles. The Balaban J connectivity index is -0.0000000800. The van der Waals surface area contributed by atoms with Gasteiger partial charge in [-0.25, -0.2) is 0 Å². The van der Waals surface area contributed by atoms with Gasteiger partial charge in [-0.15, -0.1) is 0 Å². The van der Waals surface area contributed by atoms with E-state index in [-0.39, 0.29) is 52.8 Å². The normalized spacial score (nSPS) is 10.0. The van der Waals surface area contributed by atoms with Crippen LogP contribution in [0.3, 0.4) is 0 Å². The van der Waals surface area contributed by atoms with E-state index in [0.717, 1.165) is 0 Å². The Bertz CT molecular complexity index is 27.2. The van der Waals surface area contributed by atoms with Crippen molar-refractivity contribution in [3.8, 4) is 0 Å². The van der Waals surface area contributed by atoms with Crippen LogP contribution in [0.5, 0.6) is 0 Å². The van der Waals surface area contributed by atoms with E-state index in [4.69, 9.17) is 34.1 Å². The Labute approximate surface area is 99.3 Å². The first kappa shape index (κ1) is 12.4. The first-order valence-corrected chi connectivity index (χ1v) is 13.4. The second-order valence-corrected chi connectivity index (χ2v) is 22.8. The van der Waals surface area contributed by atoms with Crippen molar-refractivity contribution in [2.45, 2.75) is 0 Å². The zero-order valence-electron chi connectivity index (χ0n) is 4.01. The number of hydrogen-bond acceptors (Lipinski definition) is 0. The molecule has 0 unspecified atom stereocenters. The van der Waals surface area contributed by atoms with Crippen molar-refractivity contribution in [2.75, 3.05) is 0 Å². The standard InChI is InChI=1S/4ClH.K.Zr.H/h4*1H;;;/q;;;;+1;+4;-1/p-4. The number of rotatable bonds is 0. The van der Waals surface area contributed by atoms with Crippen molar-refractivity contribution in [1.82, 2.24) is 0 Å². The molecule has 0 aromatic rings. The molecular formula is HCl4KZr. The molecule has 0 aromatic heterocycles. The summed E-state index contributed by atoms with van der Waals surface area (Å²) in [4.78, 5) is 0. The fourth-order valence-corrected chi connectivity index (χ4v) is 0. The zero-order valence-corrected chi connectivity index (χ0v) is 11.6. The third kappa shape index (κ3) is 25.3. The van der Waals surface area contributed by atoms with Crippen LogP contribution in [0.25, 0.3) is 0 Å².